The maximum atomic E-state index is 10.7. The van der Waals surface area contributed by atoms with Gasteiger partial charge in [-0.15, -0.1) is 0 Å². The molecular formula is C11H12ClNO3. The molecule has 0 aromatic heterocycles. The smallest absolute Gasteiger partial charge is 0.346 e. The summed E-state index contributed by atoms with van der Waals surface area (Å²) in [5.74, 6) is -0.465. The number of nitrogens with zero attached hydrogens (tertiary/aromatic N) is 1. The SMILES string of the molecule is COC(=O)CO/N=C(\C)c1ccc(Cl)cc1. The minimum atomic E-state index is -0.465. The van der Waals surface area contributed by atoms with Gasteiger partial charge in [-0.2, -0.15) is 0 Å². The summed E-state index contributed by atoms with van der Waals surface area (Å²) in [6.45, 7) is 1.59. The molecule has 0 bridgehead atoms. The van der Waals surface area contributed by atoms with Crippen LogP contribution in [0.2, 0.25) is 5.02 Å². The molecule has 0 heterocycles. The van der Waals surface area contributed by atoms with Gasteiger partial charge in [0, 0.05) is 5.02 Å². The van der Waals surface area contributed by atoms with E-state index in [1.807, 2.05) is 12.1 Å². The molecule has 4 nitrogen and oxygen atoms in total. The molecule has 1 aromatic carbocycles. The first-order valence-corrected chi connectivity index (χ1v) is 5.00. The van der Waals surface area contributed by atoms with E-state index in [1.165, 1.54) is 7.11 Å². The van der Waals surface area contributed by atoms with Crippen LogP contribution in [0.1, 0.15) is 12.5 Å². The van der Waals surface area contributed by atoms with E-state index in [0.29, 0.717) is 10.7 Å². The molecule has 0 unspecified atom stereocenters. The second kappa shape index (κ2) is 6.12. The number of hydrogen-bond acceptors (Lipinski definition) is 4. The van der Waals surface area contributed by atoms with E-state index in [2.05, 4.69) is 9.89 Å². The van der Waals surface area contributed by atoms with Gasteiger partial charge in [-0.25, -0.2) is 4.79 Å². The Morgan fingerprint density at radius 3 is 2.56 bits per heavy atom. The molecule has 0 saturated heterocycles. The van der Waals surface area contributed by atoms with Crippen molar-refractivity contribution < 1.29 is 14.4 Å². The van der Waals surface area contributed by atoms with Gasteiger partial charge in [0.25, 0.3) is 0 Å². The Labute approximate surface area is 98.8 Å². The molecule has 0 fully saturated rings. The van der Waals surface area contributed by atoms with Crippen LogP contribution in [-0.2, 0) is 14.4 Å². The van der Waals surface area contributed by atoms with Crippen molar-refractivity contribution in [3.05, 3.63) is 34.9 Å². The van der Waals surface area contributed by atoms with E-state index in [-0.39, 0.29) is 6.61 Å². The third-order valence-electron chi connectivity index (χ3n) is 1.87. The fourth-order valence-corrected chi connectivity index (χ4v) is 1.11. The number of methoxy groups -OCH3 is 1. The predicted molar refractivity (Wildman–Crippen MR) is 61.6 cm³/mol. The Morgan fingerprint density at radius 2 is 2.00 bits per heavy atom. The third kappa shape index (κ3) is 3.90. The zero-order chi connectivity index (χ0) is 12.0. The highest BCUT2D eigenvalue weighted by molar-refractivity contribution is 6.30. The van der Waals surface area contributed by atoms with Gasteiger partial charge >= 0.3 is 5.97 Å². The lowest BCUT2D eigenvalue weighted by molar-refractivity contribution is -0.145. The highest BCUT2D eigenvalue weighted by atomic mass is 35.5. The van der Waals surface area contributed by atoms with Crippen molar-refractivity contribution >= 4 is 23.3 Å². The number of ether oxygens (including phenoxy) is 1. The van der Waals surface area contributed by atoms with Crippen molar-refractivity contribution in [2.75, 3.05) is 13.7 Å². The zero-order valence-electron chi connectivity index (χ0n) is 9.07. The normalized spacial score (nSPS) is 11.1. The summed E-state index contributed by atoms with van der Waals surface area (Å²) < 4.78 is 4.40. The summed E-state index contributed by atoms with van der Waals surface area (Å²) in [7, 11) is 1.29. The van der Waals surface area contributed by atoms with Gasteiger partial charge in [0.1, 0.15) is 0 Å². The van der Waals surface area contributed by atoms with Gasteiger partial charge in [-0.05, 0) is 24.6 Å². The maximum Gasteiger partial charge on any atom is 0.346 e. The molecule has 1 aromatic rings. The van der Waals surface area contributed by atoms with Crippen molar-refractivity contribution in [2.45, 2.75) is 6.92 Å². The molecular weight excluding hydrogens is 230 g/mol. The van der Waals surface area contributed by atoms with Crippen LogP contribution < -0.4 is 0 Å². The summed E-state index contributed by atoms with van der Waals surface area (Å²) in [6.07, 6.45) is 0. The minimum absolute atomic E-state index is 0.193. The van der Waals surface area contributed by atoms with E-state index in [1.54, 1.807) is 19.1 Å². The second-order valence-electron chi connectivity index (χ2n) is 3.03. The summed E-state index contributed by atoms with van der Waals surface area (Å²) in [6, 6.07) is 7.16. The number of oxime groups is 1. The van der Waals surface area contributed by atoms with E-state index >= 15 is 0 Å². The number of carbonyl (C=O) groups is 1. The standard InChI is InChI=1S/C11H12ClNO3/c1-8(13-16-7-11(14)15-2)9-3-5-10(12)6-4-9/h3-6H,7H2,1-2H3/b13-8+. The van der Waals surface area contributed by atoms with Crippen LogP contribution in [0.3, 0.4) is 0 Å². The third-order valence-corrected chi connectivity index (χ3v) is 2.13. The van der Waals surface area contributed by atoms with Crippen LogP contribution >= 0.6 is 11.6 Å². The largest absolute Gasteiger partial charge is 0.466 e. The van der Waals surface area contributed by atoms with E-state index in [9.17, 15) is 4.79 Å². The van der Waals surface area contributed by atoms with Gasteiger partial charge < -0.3 is 9.57 Å². The van der Waals surface area contributed by atoms with Crippen LogP contribution in [-0.4, -0.2) is 25.4 Å². The fourth-order valence-electron chi connectivity index (χ4n) is 0.985. The molecule has 0 amide bonds. The average molecular weight is 242 g/mol. The van der Waals surface area contributed by atoms with Crippen molar-refractivity contribution in [3.8, 4) is 0 Å². The Balaban J connectivity index is 2.56. The lowest BCUT2D eigenvalue weighted by Crippen LogP contribution is -2.08. The van der Waals surface area contributed by atoms with Gasteiger partial charge in [-0.3, -0.25) is 0 Å². The number of rotatable bonds is 4. The highest BCUT2D eigenvalue weighted by Crippen LogP contribution is 2.10. The molecule has 0 radical (unpaired) electrons. The Morgan fingerprint density at radius 1 is 1.38 bits per heavy atom. The van der Waals surface area contributed by atoms with E-state index in [0.717, 1.165) is 5.56 Å². The Hall–Kier alpha value is -1.55. The number of halogens is 1. The van der Waals surface area contributed by atoms with Crippen LogP contribution in [0.5, 0.6) is 0 Å². The van der Waals surface area contributed by atoms with E-state index < -0.39 is 5.97 Å². The van der Waals surface area contributed by atoms with Crippen LogP contribution in [0.25, 0.3) is 0 Å². The molecule has 5 heteroatoms. The summed E-state index contributed by atoms with van der Waals surface area (Å²) in [5.41, 5.74) is 1.55. The average Bonchev–Trinajstić information content (AvgIpc) is 2.29. The zero-order valence-corrected chi connectivity index (χ0v) is 9.82. The topological polar surface area (TPSA) is 47.9 Å². The monoisotopic (exact) mass is 241 g/mol. The molecule has 1 rings (SSSR count). The lowest BCUT2D eigenvalue weighted by Gasteiger charge is -2.01. The summed E-state index contributed by atoms with van der Waals surface area (Å²) in [5, 5.41) is 4.44. The van der Waals surface area contributed by atoms with Crippen molar-refractivity contribution in [3.63, 3.8) is 0 Å². The molecule has 0 N–H and O–H groups in total. The van der Waals surface area contributed by atoms with Gasteiger partial charge in [0.2, 0.25) is 6.61 Å². The van der Waals surface area contributed by atoms with Crippen molar-refractivity contribution in [2.24, 2.45) is 5.16 Å². The van der Waals surface area contributed by atoms with Crippen molar-refractivity contribution in [1.29, 1.82) is 0 Å². The molecule has 86 valence electrons. The molecule has 0 aliphatic heterocycles. The number of hydrogen-bond donors (Lipinski definition) is 0. The number of carbonyl (C=O) groups excluding carboxylic acids is 1. The van der Waals surface area contributed by atoms with Crippen molar-refractivity contribution in [1.82, 2.24) is 0 Å². The molecule has 0 aliphatic rings. The summed E-state index contributed by atoms with van der Waals surface area (Å²) in [4.78, 5) is 15.6. The summed E-state index contributed by atoms with van der Waals surface area (Å²) >= 11 is 5.75. The van der Waals surface area contributed by atoms with Gasteiger partial charge in [-0.1, -0.05) is 28.9 Å². The number of benzene rings is 1. The van der Waals surface area contributed by atoms with Crippen LogP contribution in [0.15, 0.2) is 29.4 Å². The molecule has 0 saturated carbocycles. The first kappa shape index (κ1) is 12.5. The minimum Gasteiger partial charge on any atom is -0.466 e. The van der Waals surface area contributed by atoms with Crippen LogP contribution in [0.4, 0.5) is 0 Å². The molecule has 0 aliphatic carbocycles. The first-order valence-electron chi connectivity index (χ1n) is 4.63. The Bertz CT molecular complexity index is 387. The fraction of sp³-hybridized carbons (Fsp3) is 0.273. The van der Waals surface area contributed by atoms with Crippen LogP contribution in [0, 0.1) is 0 Å². The van der Waals surface area contributed by atoms with E-state index in [4.69, 9.17) is 16.4 Å². The second-order valence-corrected chi connectivity index (χ2v) is 3.47. The lowest BCUT2D eigenvalue weighted by atomic mass is 10.1. The quantitative estimate of drug-likeness (QED) is 0.462. The highest BCUT2D eigenvalue weighted by Gasteiger charge is 2.01. The molecule has 16 heavy (non-hydrogen) atoms. The van der Waals surface area contributed by atoms with Gasteiger partial charge in [0.15, 0.2) is 0 Å². The Kier molecular flexibility index (Phi) is 4.79. The number of esters is 1. The van der Waals surface area contributed by atoms with Gasteiger partial charge in [0.05, 0.1) is 12.8 Å². The first-order chi connectivity index (χ1) is 7.63. The molecule has 0 atom stereocenters. The predicted octanol–water partition coefficient (Wildman–Crippen LogP) is 2.25. The molecule has 0 spiro atoms. The maximum absolute atomic E-state index is 10.7.